The minimum Gasteiger partial charge on any atom is -0.316 e. The van der Waals surface area contributed by atoms with Gasteiger partial charge < -0.3 is 10.6 Å². The van der Waals surface area contributed by atoms with Crippen LogP contribution in [0.15, 0.2) is 54.9 Å². The molecule has 0 radical (unpaired) electrons. The van der Waals surface area contributed by atoms with E-state index < -0.39 is 6.04 Å². The number of fused-ring (bicyclic) bond motifs is 1. The summed E-state index contributed by atoms with van der Waals surface area (Å²) in [6, 6.07) is 11.7. The van der Waals surface area contributed by atoms with E-state index in [9.17, 15) is 9.18 Å². The third-order valence-electron chi connectivity index (χ3n) is 4.51. The van der Waals surface area contributed by atoms with Gasteiger partial charge in [-0.3, -0.25) is 9.48 Å². The van der Waals surface area contributed by atoms with Crippen molar-refractivity contribution < 1.29 is 9.18 Å². The SMILES string of the molecule is Cn1cc(-c2ccc(CN3C(=O)C(N)c4ccccc43)c(F)c2)cn1. The Bertz CT molecular complexity index is 966. The molecule has 2 aromatic carbocycles. The van der Waals surface area contributed by atoms with Crippen molar-refractivity contribution in [1.29, 1.82) is 0 Å². The molecule has 0 spiro atoms. The smallest absolute Gasteiger partial charge is 0.248 e. The highest BCUT2D eigenvalue weighted by atomic mass is 19.1. The van der Waals surface area contributed by atoms with Gasteiger partial charge in [0.2, 0.25) is 5.91 Å². The molecule has 1 aromatic heterocycles. The van der Waals surface area contributed by atoms with E-state index in [1.54, 1.807) is 21.8 Å². The van der Waals surface area contributed by atoms with Crippen LogP contribution in [-0.4, -0.2) is 15.7 Å². The number of halogens is 1. The number of nitrogens with zero attached hydrogens (tertiary/aromatic N) is 3. The van der Waals surface area contributed by atoms with Gasteiger partial charge in [-0.15, -0.1) is 0 Å². The first-order valence-corrected chi connectivity index (χ1v) is 7.98. The zero-order chi connectivity index (χ0) is 17.6. The van der Waals surface area contributed by atoms with Crippen LogP contribution in [0.2, 0.25) is 0 Å². The molecule has 0 aliphatic carbocycles. The molecule has 1 aliphatic rings. The Balaban J connectivity index is 1.64. The van der Waals surface area contributed by atoms with Gasteiger partial charge in [0.05, 0.1) is 12.7 Å². The average molecular weight is 336 g/mol. The largest absolute Gasteiger partial charge is 0.316 e. The van der Waals surface area contributed by atoms with Crippen molar-refractivity contribution in [2.24, 2.45) is 12.8 Å². The number of nitrogens with two attached hydrogens (primary N) is 1. The molecule has 5 nitrogen and oxygen atoms in total. The second-order valence-electron chi connectivity index (χ2n) is 6.17. The molecular formula is C19H17FN4O. The van der Waals surface area contributed by atoms with E-state index in [4.69, 9.17) is 5.73 Å². The van der Waals surface area contributed by atoms with Crippen molar-refractivity contribution in [3.05, 3.63) is 71.8 Å². The van der Waals surface area contributed by atoms with Crippen LogP contribution in [-0.2, 0) is 18.4 Å². The standard InChI is InChI=1S/C19H17FN4O/c1-23-10-14(9-22-23)12-6-7-13(16(20)8-12)11-24-17-5-3-2-4-15(17)18(21)19(24)25/h2-10,18H,11,21H2,1H3. The van der Waals surface area contributed by atoms with Crippen LogP contribution in [0.25, 0.3) is 11.1 Å². The maximum absolute atomic E-state index is 14.6. The van der Waals surface area contributed by atoms with Crippen molar-refractivity contribution >= 4 is 11.6 Å². The van der Waals surface area contributed by atoms with E-state index in [1.807, 2.05) is 43.6 Å². The van der Waals surface area contributed by atoms with Crippen LogP contribution >= 0.6 is 0 Å². The number of aryl methyl sites for hydroxylation is 1. The van der Waals surface area contributed by atoms with E-state index in [1.165, 1.54) is 6.07 Å². The average Bonchev–Trinajstić information content (AvgIpc) is 3.14. The van der Waals surface area contributed by atoms with Gasteiger partial charge in [-0.05, 0) is 17.7 Å². The zero-order valence-corrected chi connectivity index (χ0v) is 13.7. The third kappa shape index (κ3) is 2.60. The number of hydrogen-bond acceptors (Lipinski definition) is 3. The lowest BCUT2D eigenvalue weighted by Gasteiger charge is -2.18. The topological polar surface area (TPSA) is 64.2 Å². The predicted octanol–water partition coefficient (Wildman–Crippen LogP) is 2.77. The molecule has 0 saturated heterocycles. The van der Waals surface area contributed by atoms with Gasteiger partial charge in [-0.2, -0.15) is 5.10 Å². The molecule has 126 valence electrons. The molecular weight excluding hydrogens is 319 g/mol. The zero-order valence-electron chi connectivity index (χ0n) is 13.7. The number of rotatable bonds is 3. The van der Waals surface area contributed by atoms with Crippen LogP contribution in [0.3, 0.4) is 0 Å². The highest BCUT2D eigenvalue weighted by Crippen LogP contribution is 2.35. The van der Waals surface area contributed by atoms with E-state index >= 15 is 0 Å². The molecule has 2 heterocycles. The molecule has 0 saturated carbocycles. The lowest BCUT2D eigenvalue weighted by atomic mass is 10.1. The number of amides is 1. The normalized spacial score (nSPS) is 16.4. The van der Waals surface area contributed by atoms with E-state index in [-0.39, 0.29) is 18.3 Å². The Hall–Kier alpha value is -2.99. The van der Waals surface area contributed by atoms with Gasteiger partial charge in [0.15, 0.2) is 0 Å². The molecule has 1 unspecified atom stereocenters. The molecule has 3 aromatic rings. The van der Waals surface area contributed by atoms with Crippen molar-refractivity contribution in [3.8, 4) is 11.1 Å². The monoisotopic (exact) mass is 336 g/mol. The molecule has 25 heavy (non-hydrogen) atoms. The van der Waals surface area contributed by atoms with Crippen molar-refractivity contribution in [2.45, 2.75) is 12.6 Å². The second kappa shape index (κ2) is 5.82. The van der Waals surface area contributed by atoms with Gasteiger partial charge in [-0.25, -0.2) is 4.39 Å². The van der Waals surface area contributed by atoms with Crippen molar-refractivity contribution in [2.75, 3.05) is 4.90 Å². The second-order valence-corrected chi connectivity index (χ2v) is 6.17. The van der Waals surface area contributed by atoms with Gasteiger partial charge in [0, 0.05) is 35.6 Å². The Morgan fingerprint density at radius 3 is 2.72 bits per heavy atom. The Morgan fingerprint density at radius 1 is 1.20 bits per heavy atom. The van der Waals surface area contributed by atoms with Gasteiger partial charge in [0.25, 0.3) is 0 Å². The highest BCUT2D eigenvalue weighted by molar-refractivity contribution is 6.04. The molecule has 2 N–H and O–H groups in total. The number of anilines is 1. The minimum absolute atomic E-state index is 0.155. The summed E-state index contributed by atoms with van der Waals surface area (Å²) in [5, 5.41) is 4.10. The van der Waals surface area contributed by atoms with E-state index in [0.717, 1.165) is 22.4 Å². The van der Waals surface area contributed by atoms with Crippen LogP contribution < -0.4 is 10.6 Å². The Labute approximate surface area is 144 Å². The summed E-state index contributed by atoms with van der Waals surface area (Å²) >= 11 is 0. The molecule has 1 atom stereocenters. The maximum atomic E-state index is 14.6. The summed E-state index contributed by atoms with van der Waals surface area (Å²) in [5.41, 5.74) is 9.55. The van der Waals surface area contributed by atoms with E-state index in [2.05, 4.69) is 5.10 Å². The minimum atomic E-state index is -0.686. The number of aromatic nitrogens is 2. The summed E-state index contributed by atoms with van der Waals surface area (Å²) in [6.45, 7) is 0.155. The lowest BCUT2D eigenvalue weighted by molar-refractivity contribution is -0.119. The molecule has 0 fully saturated rings. The number of hydrogen-bond donors (Lipinski definition) is 1. The number of carbonyl (C=O) groups is 1. The fraction of sp³-hybridized carbons (Fsp3) is 0.158. The number of benzene rings is 2. The fourth-order valence-electron chi connectivity index (χ4n) is 3.17. The third-order valence-corrected chi connectivity index (χ3v) is 4.51. The van der Waals surface area contributed by atoms with Crippen LogP contribution in [0.4, 0.5) is 10.1 Å². The summed E-state index contributed by atoms with van der Waals surface area (Å²) in [4.78, 5) is 14.0. The van der Waals surface area contributed by atoms with Gasteiger partial charge in [0.1, 0.15) is 11.9 Å². The number of para-hydroxylation sites is 1. The molecule has 1 amide bonds. The predicted molar refractivity (Wildman–Crippen MR) is 93.2 cm³/mol. The molecule has 6 heteroatoms. The van der Waals surface area contributed by atoms with Crippen LogP contribution in [0.5, 0.6) is 0 Å². The first kappa shape index (κ1) is 15.5. The van der Waals surface area contributed by atoms with Crippen molar-refractivity contribution in [1.82, 2.24) is 9.78 Å². The summed E-state index contributed by atoms with van der Waals surface area (Å²) in [7, 11) is 1.81. The van der Waals surface area contributed by atoms with Crippen LogP contribution in [0.1, 0.15) is 17.2 Å². The summed E-state index contributed by atoms with van der Waals surface area (Å²) in [6.07, 6.45) is 3.52. The molecule has 0 bridgehead atoms. The molecule has 4 rings (SSSR count). The van der Waals surface area contributed by atoms with Crippen LogP contribution in [0, 0.1) is 5.82 Å². The summed E-state index contributed by atoms with van der Waals surface area (Å²) in [5.74, 6) is -0.566. The first-order chi connectivity index (χ1) is 12.0. The Kier molecular flexibility index (Phi) is 3.62. The highest BCUT2D eigenvalue weighted by Gasteiger charge is 2.34. The van der Waals surface area contributed by atoms with Crippen molar-refractivity contribution in [3.63, 3.8) is 0 Å². The maximum Gasteiger partial charge on any atom is 0.248 e. The van der Waals surface area contributed by atoms with Gasteiger partial charge in [-0.1, -0.05) is 30.3 Å². The van der Waals surface area contributed by atoms with E-state index in [0.29, 0.717) is 5.56 Å². The number of carbonyl (C=O) groups excluding carboxylic acids is 1. The molecule has 1 aliphatic heterocycles. The lowest BCUT2D eigenvalue weighted by Crippen LogP contribution is -2.31. The quantitative estimate of drug-likeness (QED) is 0.800. The first-order valence-electron chi connectivity index (χ1n) is 7.98. The Morgan fingerprint density at radius 2 is 2.00 bits per heavy atom. The van der Waals surface area contributed by atoms with Gasteiger partial charge >= 0.3 is 0 Å². The summed E-state index contributed by atoms with van der Waals surface area (Å²) < 4.78 is 16.3. The fourth-order valence-corrected chi connectivity index (χ4v) is 3.17.